The maximum absolute atomic E-state index is 11.7. The number of carboxylic acid groups (broad SMARTS) is 1. The highest BCUT2D eigenvalue weighted by atomic mass is 16.5. The van der Waals surface area contributed by atoms with Crippen LogP contribution in [0.25, 0.3) is 0 Å². The van der Waals surface area contributed by atoms with Crippen LogP contribution in [0.4, 0.5) is 0 Å². The molecule has 3 rings (SSSR count). The number of nitrogens with zero attached hydrogens (tertiary/aromatic N) is 2. The second kappa shape index (κ2) is 7.45. The van der Waals surface area contributed by atoms with E-state index in [0.29, 0.717) is 25.0 Å². The average molecular weight is 336 g/mol. The molecule has 1 heterocycles. The summed E-state index contributed by atoms with van der Waals surface area (Å²) < 4.78 is 5.77. The highest BCUT2D eigenvalue weighted by Crippen LogP contribution is 2.44. The molecule has 0 spiro atoms. The first-order valence-electron chi connectivity index (χ1n) is 8.26. The molecule has 1 aliphatic rings. The second-order valence-corrected chi connectivity index (χ2v) is 6.24. The normalized spacial score (nSPS) is 25.6. The van der Waals surface area contributed by atoms with Crippen LogP contribution in [-0.4, -0.2) is 33.8 Å². The standard InChI is InChI=1S/C20H20N2O3/c1-25-20(9-7-16-14-21-11-12-22-16)10-8-17(19(23)24)18(13-20)15-5-3-2-4-6-15/h2-6,11-12,14,17-18H,8,10,13H2,1H3,(H,23,24)/t17-,18+,20?/m1/s1. The largest absolute Gasteiger partial charge is 0.481 e. The zero-order valence-corrected chi connectivity index (χ0v) is 14.1. The molecule has 0 radical (unpaired) electrons. The Bertz CT molecular complexity index is 783. The van der Waals surface area contributed by atoms with Crippen molar-refractivity contribution in [1.82, 2.24) is 9.97 Å². The van der Waals surface area contributed by atoms with Gasteiger partial charge < -0.3 is 9.84 Å². The van der Waals surface area contributed by atoms with E-state index in [2.05, 4.69) is 21.8 Å². The summed E-state index contributed by atoms with van der Waals surface area (Å²) >= 11 is 0. The molecule has 1 N–H and O–H groups in total. The number of ether oxygens (including phenoxy) is 1. The van der Waals surface area contributed by atoms with Gasteiger partial charge in [0.15, 0.2) is 0 Å². The van der Waals surface area contributed by atoms with Gasteiger partial charge in [-0.05, 0) is 30.7 Å². The van der Waals surface area contributed by atoms with Crippen molar-refractivity contribution < 1.29 is 14.6 Å². The highest BCUT2D eigenvalue weighted by Gasteiger charge is 2.43. The van der Waals surface area contributed by atoms with Gasteiger partial charge in [0.1, 0.15) is 11.3 Å². The molecule has 25 heavy (non-hydrogen) atoms. The van der Waals surface area contributed by atoms with E-state index in [1.807, 2.05) is 30.3 Å². The van der Waals surface area contributed by atoms with Crippen molar-refractivity contribution in [2.75, 3.05) is 7.11 Å². The first-order chi connectivity index (χ1) is 12.1. The predicted octanol–water partition coefficient (Wildman–Crippen LogP) is 2.88. The maximum atomic E-state index is 11.7. The fourth-order valence-corrected chi connectivity index (χ4v) is 3.43. The lowest BCUT2D eigenvalue weighted by molar-refractivity contribution is -0.145. The zero-order valence-electron chi connectivity index (χ0n) is 14.1. The Morgan fingerprint density at radius 3 is 2.76 bits per heavy atom. The van der Waals surface area contributed by atoms with E-state index in [9.17, 15) is 9.90 Å². The Labute approximate surface area is 147 Å². The van der Waals surface area contributed by atoms with Crippen LogP contribution in [0.15, 0.2) is 48.9 Å². The lowest BCUT2D eigenvalue weighted by Crippen LogP contribution is -2.41. The third-order valence-electron chi connectivity index (χ3n) is 4.81. The highest BCUT2D eigenvalue weighted by molar-refractivity contribution is 5.71. The van der Waals surface area contributed by atoms with Crippen LogP contribution in [0.1, 0.15) is 36.4 Å². The van der Waals surface area contributed by atoms with Gasteiger partial charge in [-0.25, -0.2) is 4.98 Å². The second-order valence-electron chi connectivity index (χ2n) is 6.24. The van der Waals surface area contributed by atoms with E-state index < -0.39 is 17.5 Å². The van der Waals surface area contributed by atoms with E-state index in [4.69, 9.17) is 4.74 Å². The molecule has 1 unspecified atom stereocenters. The fourth-order valence-electron chi connectivity index (χ4n) is 3.43. The molecule has 128 valence electrons. The summed E-state index contributed by atoms with van der Waals surface area (Å²) in [4.78, 5) is 19.9. The number of methoxy groups -OCH3 is 1. The van der Waals surface area contributed by atoms with Crippen molar-refractivity contribution in [1.29, 1.82) is 0 Å². The number of carboxylic acids is 1. The van der Waals surface area contributed by atoms with E-state index in [1.54, 1.807) is 25.7 Å². The molecule has 3 atom stereocenters. The Kier molecular flexibility index (Phi) is 5.11. The van der Waals surface area contributed by atoms with Gasteiger partial charge in [0.05, 0.1) is 12.1 Å². The van der Waals surface area contributed by atoms with Gasteiger partial charge in [0.25, 0.3) is 0 Å². The molecular weight excluding hydrogens is 316 g/mol. The minimum absolute atomic E-state index is 0.136. The van der Waals surface area contributed by atoms with Crippen LogP contribution in [0, 0.1) is 17.8 Å². The SMILES string of the molecule is COC1(C#Cc2cnccn2)CC[C@@H](C(=O)O)[C@H](c2ccccc2)C1. The molecule has 1 aromatic heterocycles. The van der Waals surface area contributed by atoms with E-state index in [1.165, 1.54) is 0 Å². The molecule has 1 saturated carbocycles. The monoisotopic (exact) mass is 336 g/mol. The number of benzene rings is 1. The molecule has 0 aliphatic heterocycles. The van der Waals surface area contributed by atoms with Gasteiger partial charge in [0, 0.05) is 25.4 Å². The summed E-state index contributed by atoms with van der Waals surface area (Å²) in [6, 6.07) is 9.75. The molecule has 0 amide bonds. The molecule has 1 aliphatic carbocycles. The molecule has 1 fully saturated rings. The Hall–Kier alpha value is -2.71. The van der Waals surface area contributed by atoms with Crippen LogP contribution in [0.5, 0.6) is 0 Å². The van der Waals surface area contributed by atoms with Crippen LogP contribution in [0.2, 0.25) is 0 Å². The third kappa shape index (κ3) is 3.86. The average Bonchev–Trinajstić information content (AvgIpc) is 2.67. The molecule has 0 bridgehead atoms. The summed E-state index contributed by atoms with van der Waals surface area (Å²) in [5.41, 5.74) is 0.914. The summed E-state index contributed by atoms with van der Waals surface area (Å²) in [6.45, 7) is 0. The minimum Gasteiger partial charge on any atom is -0.481 e. The summed E-state index contributed by atoms with van der Waals surface area (Å²) in [7, 11) is 1.63. The quantitative estimate of drug-likeness (QED) is 0.873. The summed E-state index contributed by atoms with van der Waals surface area (Å²) in [5.74, 6) is 4.89. The lowest BCUT2D eigenvalue weighted by Gasteiger charge is -2.39. The minimum atomic E-state index is -0.763. The van der Waals surface area contributed by atoms with E-state index >= 15 is 0 Å². The molecule has 0 saturated heterocycles. The van der Waals surface area contributed by atoms with Crippen LogP contribution in [-0.2, 0) is 9.53 Å². The first kappa shape index (κ1) is 17.1. The van der Waals surface area contributed by atoms with Crippen molar-refractivity contribution >= 4 is 5.97 Å². The number of carbonyl (C=O) groups is 1. The smallest absolute Gasteiger partial charge is 0.307 e. The van der Waals surface area contributed by atoms with Crippen molar-refractivity contribution in [2.45, 2.75) is 30.8 Å². The lowest BCUT2D eigenvalue weighted by atomic mass is 9.69. The zero-order chi connectivity index (χ0) is 17.7. The molecule has 2 aromatic rings. The fraction of sp³-hybridized carbons (Fsp3) is 0.350. The van der Waals surface area contributed by atoms with Gasteiger partial charge >= 0.3 is 5.97 Å². The molecule has 5 nitrogen and oxygen atoms in total. The van der Waals surface area contributed by atoms with E-state index in [-0.39, 0.29) is 5.92 Å². The van der Waals surface area contributed by atoms with Gasteiger partial charge in [-0.15, -0.1) is 0 Å². The van der Waals surface area contributed by atoms with Crippen molar-refractivity contribution in [3.05, 3.63) is 60.2 Å². The maximum Gasteiger partial charge on any atom is 0.307 e. The van der Waals surface area contributed by atoms with Crippen LogP contribution >= 0.6 is 0 Å². The van der Waals surface area contributed by atoms with E-state index in [0.717, 1.165) is 5.56 Å². The van der Waals surface area contributed by atoms with Crippen LogP contribution < -0.4 is 0 Å². The Balaban J connectivity index is 1.92. The Morgan fingerprint density at radius 1 is 1.32 bits per heavy atom. The van der Waals surface area contributed by atoms with Crippen molar-refractivity contribution in [3.63, 3.8) is 0 Å². The number of rotatable bonds is 3. The molecule has 1 aromatic carbocycles. The predicted molar refractivity (Wildman–Crippen MR) is 92.8 cm³/mol. The van der Waals surface area contributed by atoms with Crippen LogP contribution in [0.3, 0.4) is 0 Å². The topological polar surface area (TPSA) is 72.3 Å². The van der Waals surface area contributed by atoms with Gasteiger partial charge in [-0.3, -0.25) is 9.78 Å². The first-order valence-corrected chi connectivity index (χ1v) is 8.26. The number of aromatic nitrogens is 2. The summed E-state index contributed by atoms with van der Waals surface area (Å²) in [6.07, 6.45) is 6.44. The van der Waals surface area contributed by atoms with Crippen molar-refractivity contribution in [2.24, 2.45) is 5.92 Å². The number of hydrogen-bond donors (Lipinski definition) is 1. The third-order valence-corrected chi connectivity index (χ3v) is 4.81. The molecule has 5 heteroatoms. The molecular formula is C20H20N2O3. The van der Waals surface area contributed by atoms with Crippen molar-refractivity contribution in [3.8, 4) is 11.8 Å². The van der Waals surface area contributed by atoms with Gasteiger partial charge in [0.2, 0.25) is 0 Å². The summed E-state index contributed by atoms with van der Waals surface area (Å²) in [5, 5.41) is 9.63. The Morgan fingerprint density at radius 2 is 2.12 bits per heavy atom. The van der Waals surface area contributed by atoms with Gasteiger partial charge in [-0.2, -0.15) is 0 Å². The number of hydrogen-bond acceptors (Lipinski definition) is 4. The number of aliphatic carboxylic acids is 1. The van der Waals surface area contributed by atoms with Gasteiger partial charge in [-0.1, -0.05) is 36.3 Å².